The van der Waals surface area contributed by atoms with Gasteiger partial charge in [0.2, 0.25) is 0 Å². The standard InChI is InChI=1S/C11H13IN4O/c1-9-10(12)11(17)16(8-14-9)5-2-4-15-6-3-13-7-15/h3,6-8H,2,4-5H2,1H3. The van der Waals surface area contributed by atoms with Gasteiger partial charge in [0.15, 0.2) is 0 Å². The van der Waals surface area contributed by atoms with E-state index in [-0.39, 0.29) is 5.56 Å². The van der Waals surface area contributed by atoms with Gasteiger partial charge in [0.1, 0.15) is 0 Å². The SMILES string of the molecule is Cc1ncn(CCCn2ccnc2)c(=O)c1I. The summed E-state index contributed by atoms with van der Waals surface area (Å²) in [5, 5.41) is 0. The quantitative estimate of drug-likeness (QED) is 0.789. The van der Waals surface area contributed by atoms with Crippen molar-refractivity contribution in [3.05, 3.63) is 44.7 Å². The highest BCUT2D eigenvalue weighted by Gasteiger charge is 2.04. The van der Waals surface area contributed by atoms with Gasteiger partial charge >= 0.3 is 0 Å². The van der Waals surface area contributed by atoms with Crippen LogP contribution in [0.2, 0.25) is 0 Å². The summed E-state index contributed by atoms with van der Waals surface area (Å²) in [6.45, 7) is 3.39. The molecule has 0 spiro atoms. The molecule has 0 unspecified atom stereocenters. The minimum Gasteiger partial charge on any atom is -0.337 e. The maximum Gasteiger partial charge on any atom is 0.266 e. The van der Waals surface area contributed by atoms with E-state index in [1.54, 1.807) is 23.4 Å². The number of halogens is 1. The summed E-state index contributed by atoms with van der Waals surface area (Å²) in [7, 11) is 0. The van der Waals surface area contributed by atoms with Crippen LogP contribution in [0.5, 0.6) is 0 Å². The number of aryl methyl sites for hydroxylation is 3. The van der Waals surface area contributed by atoms with E-state index in [1.165, 1.54) is 0 Å². The summed E-state index contributed by atoms with van der Waals surface area (Å²) in [5.41, 5.74) is 0.838. The lowest BCUT2D eigenvalue weighted by molar-refractivity contribution is 0.544. The van der Waals surface area contributed by atoms with Crippen molar-refractivity contribution in [3.63, 3.8) is 0 Å². The Bertz CT molecular complexity index is 547. The smallest absolute Gasteiger partial charge is 0.266 e. The van der Waals surface area contributed by atoms with Crippen molar-refractivity contribution in [2.45, 2.75) is 26.4 Å². The van der Waals surface area contributed by atoms with Crippen molar-refractivity contribution in [3.8, 4) is 0 Å². The van der Waals surface area contributed by atoms with Gasteiger partial charge < -0.3 is 4.57 Å². The number of imidazole rings is 1. The number of hydrogen-bond donors (Lipinski definition) is 0. The summed E-state index contributed by atoms with van der Waals surface area (Å²) < 4.78 is 4.36. The van der Waals surface area contributed by atoms with Crippen LogP contribution in [0.15, 0.2) is 29.8 Å². The van der Waals surface area contributed by atoms with E-state index in [0.717, 1.165) is 18.7 Å². The van der Waals surface area contributed by atoms with Gasteiger partial charge in [-0.1, -0.05) is 0 Å². The maximum atomic E-state index is 11.9. The minimum absolute atomic E-state index is 0.0451. The summed E-state index contributed by atoms with van der Waals surface area (Å²) >= 11 is 2.05. The highest BCUT2D eigenvalue weighted by atomic mass is 127. The molecular formula is C11H13IN4O. The Morgan fingerprint density at radius 3 is 2.88 bits per heavy atom. The average Bonchev–Trinajstić information content (AvgIpc) is 2.82. The fourth-order valence-corrected chi connectivity index (χ4v) is 2.00. The lowest BCUT2D eigenvalue weighted by atomic mass is 10.4. The van der Waals surface area contributed by atoms with Crippen molar-refractivity contribution in [1.82, 2.24) is 19.1 Å². The highest BCUT2D eigenvalue weighted by Crippen LogP contribution is 2.02. The fourth-order valence-electron chi connectivity index (χ4n) is 1.55. The van der Waals surface area contributed by atoms with Gasteiger partial charge in [-0.05, 0) is 35.9 Å². The van der Waals surface area contributed by atoms with E-state index in [4.69, 9.17) is 0 Å². The molecule has 0 fully saturated rings. The molecule has 5 nitrogen and oxygen atoms in total. The fraction of sp³-hybridized carbons (Fsp3) is 0.364. The molecule has 2 heterocycles. The van der Waals surface area contributed by atoms with Crippen molar-refractivity contribution < 1.29 is 0 Å². The zero-order valence-corrected chi connectivity index (χ0v) is 11.7. The molecule has 0 amide bonds. The molecule has 0 aliphatic carbocycles. The second-order valence-corrected chi connectivity index (χ2v) is 4.88. The molecule has 0 saturated carbocycles. The molecule has 0 N–H and O–H groups in total. The third-order valence-electron chi connectivity index (χ3n) is 2.53. The number of nitrogens with zero attached hydrogens (tertiary/aromatic N) is 4. The van der Waals surface area contributed by atoms with Crippen LogP contribution in [0.25, 0.3) is 0 Å². The van der Waals surface area contributed by atoms with Crippen molar-refractivity contribution in [2.75, 3.05) is 0 Å². The largest absolute Gasteiger partial charge is 0.337 e. The predicted octanol–water partition coefficient (Wildman–Crippen LogP) is 1.44. The first kappa shape index (κ1) is 12.3. The van der Waals surface area contributed by atoms with Crippen molar-refractivity contribution in [1.29, 1.82) is 0 Å². The summed E-state index contributed by atoms with van der Waals surface area (Å²) in [4.78, 5) is 20.0. The Morgan fingerprint density at radius 1 is 1.35 bits per heavy atom. The molecule has 2 rings (SSSR count). The predicted molar refractivity (Wildman–Crippen MR) is 72.8 cm³/mol. The molecule has 2 aromatic rings. The third-order valence-corrected chi connectivity index (χ3v) is 3.77. The van der Waals surface area contributed by atoms with Gasteiger partial charge in [0.25, 0.3) is 5.56 Å². The summed E-state index contributed by atoms with van der Waals surface area (Å²) in [6.07, 6.45) is 7.95. The summed E-state index contributed by atoms with van der Waals surface area (Å²) in [5.74, 6) is 0. The van der Waals surface area contributed by atoms with Crippen LogP contribution < -0.4 is 5.56 Å². The van der Waals surface area contributed by atoms with Gasteiger partial charge in [-0.25, -0.2) is 9.97 Å². The van der Waals surface area contributed by atoms with Crippen LogP contribution in [0.1, 0.15) is 12.1 Å². The lowest BCUT2D eigenvalue weighted by Gasteiger charge is -2.07. The number of aromatic nitrogens is 4. The molecule has 0 aliphatic heterocycles. The highest BCUT2D eigenvalue weighted by molar-refractivity contribution is 14.1. The average molecular weight is 344 g/mol. The molecule has 90 valence electrons. The van der Waals surface area contributed by atoms with Crippen molar-refractivity contribution in [2.24, 2.45) is 0 Å². The molecule has 0 aliphatic rings. The van der Waals surface area contributed by atoms with E-state index in [0.29, 0.717) is 10.1 Å². The van der Waals surface area contributed by atoms with E-state index in [2.05, 4.69) is 9.97 Å². The molecule has 0 atom stereocenters. The Hall–Kier alpha value is -1.18. The molecular weight excluding hydrogens is 331 g/mol. The van der Waals surface area contributed by atoms with Gasteiger partial charge in [0, 0.05) is 25.5 Å². The second-order valence-electron chi connectivity index (χ2n) is 3.80. The van der Waals surface area contributed by atoms with Crippen LogP contribution >= 0.6 is 22.6 Å². The van der Waals surface area contributed by atoms with E-state index >= 15 is 0 Å². The zero-order valence-electron chi connectivity index (χ0n) is 9.51. The lowest BCUT2D eigenvalue weighted by Crippen LogP contribution is -2.24. The van der Waals surface area contributed by atoms with Gasteiger partial charge in [0.05, 0.1) is 21.9 Å². The number of hydrogen-bond acceptors (Lipinski definition) is 3. The van der Waals surface area contributed by atoms with Crippen LogP contribution in [-0.4, -0.2) is 19.1 Å². The molecule has 0 bridgehead atoms. The molecule has 17 heavy (non-hydrogen) atoms. The van der Waals surface area contributed by atoms with Crippen molar-refractivity contribution >= 4 is 22.6 Å². The summed E-state index contributed by atoms with van der Waals surface area (Å²) in [6, 6.07) is 0. The van der Waals surface area contributed by atoms with Crippen LogP contribution in [0.3, 0.4) is 0 Å². The van der Waals surface area contributed by atoms with E-state index in [9.17, 15) is 4.79 Å². The number of rotatable bonds is 4. The van der Waals surface area contributed by atoms with Crippen LogP contribution in [0, 0.1) is 10.5 Å². The first-order chi connectivity index (χ1) is 8.18. The second kappa shape index (κ2) is 5.44. The van der Waals surface area contributed by atoms with Crippen LogP contribution in [-0.2, 0) is 13.1 Å². The third kappa shape index (κ3) is 2.93. The minimum atomic E-state index is 0.0451. The molecule has 0 radical (unpaired) electrons. The zero-order chi connectivity index (χ0) is 12.3. The van der Waals surface area contributed by atoms with E-state index in [1.807, 2.05) is 40.3 Å². The Morgan fingerprint density at radius 2 is 2.18 bits per heavy atom. The van der Waals surface area contributed by atoms with Gasteiger partial charge in [-0.15, -0.1) is 0 Å². The first-order valence-corrected chi connectivity index (χ1v) is 6.43. The van der Waals surface area contributed by atoms with Gasteiger partial charge in [-0.3, -0.25) is 9.36 Å². The Balaban J connectivity index is 2.00. The maximum absolute atomic E-state index is 11.9. The monoisotopic (exact) mass is 344 g/mol. The Kier molecular flexibility index (Phi) is 3.93. The normalized spacial score (nSPS) is 10.7. The Labute approximate surface area is 113 Å². The van der Waals surface area contributed by atoms with Crippen LogP contribution in [0.4, 0.5) is 0 Å². The van der Waals surface area contributed by atoms with Gasteiger partial charge in [-0.2, -0.15) is 0 Å². The van der Waals surface area contributed by atoms with E-state index < -0.39 is 0 Å². The molecule has 2 aromatic heterocycles. The molecule has 0 aromatic carbocycles. The molecule has 0 saturated heterocycles. The molecule has 6 heteroatoms. The first-order valence-electron chi connectivity index (χ1n) is 5.36. The topological polar surface area (TPSA) is 52.7 Å².